The van der Waals surface area contributed by atoms with E-state index in [9.17, 15) is 19.2 Å². The molecular formula is C28H35NO11. The summed E-state index contributed by atoms with van der Waals surface area (Å²) in [6.07, 6.45) is -5.08. The van der Waals surface area contributed by atoms with E-state index in [0.717, 1.165) is 0 Å². The van der Waals surface area contributed by atoms with Gasteiger partial charge in [-0.15, -0.1) is 0 Å². The lowest BCUT2D eigenvalue weighted by Gasteiger charge is -2.29. The molecule has 0 bridgehead atoms. The first-order valence-electron chi connectivity index (χ1n) is 12.5. The van der Waals surface area contributed by atoms with Gasteiger partial charge in [-0.1, -0.05) is 24.3 Å². The SMILES string of the molecule is COC(=O)C(N)(Cc1ccc(OC(=O)OC(C)C)c(OC(=O)OC(C)C)c1)C[C@H](C)OC(=O)Oc1ccccc1. The number of carbonyl (C=O) groups is 4. The van der Waals surface area contributed by atoms with Gasteiger partial charge in [0.05, 0.1) is 19.3 Å². The van der Waals surface area contributed by atoms with Crippen molar-refractivity contribution in [3.8, 4) is 17.2 Å². The first-order valence-corrected chi connectivity index (χ1v) is 12.5. The number of benzene rings is 2. The zero-order valence-corrected chi connectivity index (χ0v) is 23.3. The summed E-state index contributed by atoms with van der Waals surface area (Å²) in [5.74, 6) is -0.792. The molecule has 0 aliphatic heterocycles. The number of hydrogen-bond acceptors (Lipinski definition) is 12. The second-order valence-electron chi connectivity index (χ2n) is 9.44. The van der Waals surface area contributed by atoms with Gasteiger partial charge in [0.2, 0.25) is 0 Å². The van der Waals surface area contributed by atoms with Crippen molar-refractivity contribution in [2.24, 2.45) is 5.73 Å². The number of hydrogen-bond donors (Lipinski definition) is 1. The molecule has 0 aliphatic rings. The summed E-state index contributed by atoms with van der Waals surface area (Å²) in [5.41, 5.74) is 5.20. The van der Waals surface area contributed by atoms with Gasteiger partial charge in [-0.05, 0) is 64.4 Å². The molecule has 218 valence electrons. The minimum Gasteiger partial charge on any atom is -0.468 e. The Bertz CT molecular complexity index is 1170. The molecule has 12 heteroatoms. The van der Waals surface area contributed by atoms with Gasteiger partial charge in [-0.25, -0.2) is 14.4 Å². The molecule has 0 fully saturated rings. The lowest BCUT2D eigenvalue weighted by Crippen LogP contribution is -2.53. The molecule has 12 nitrogen and oxygen atoms in total. The fourth-order valence-electron chi connectivity index (χ4n) is 3.56. The van der Waals surface area contributed by atoms with Crippen LogP contribution in [-0.2, 0) is 30.2 Å². The number of ether oxygens (including phenoxy) is 7. The maximum Gasteiger partial charge on any atom is 0.514 e. The lowest BCUT2D eigenvalue weighted by atomic mass is 9.86. The minimum atomic E-state index is -1.67. The molecule has 40 heavy (non-hydrogen) atoms. The maximum atomic E-state index is 12.7. The van der Waals surface area contributed by atoms with Crippen molar-refractivity contribution < 1.29 is 52.3 Å². The van der Waals surface area contributed by atoms with E-state index in [-0.39, 0.29) is 30.1 Å². The summed E-state index contributed by atoms with van der Waals surface area (Å²) in [4.78, 5) is 49.2. The van der Waals surface area contributed by atoms with Gasteiger partial charge in [0, 0.05) is 12.8 Å². The number of carbonyl (C=O) groups excluding carboxylic acids is 4. The average molecular weight is 562 g/mol. The molecule has 0 aromatic heterocycles. The van der Waals surface area contributed by atoms with Crippen LogP contribution in [0.5, 0.6) is 17.2 Å². The van der Waals surface area contributed by atoms with Gasteiger partial charge >= 0.3 is 24.4 Å². The Kier molecular flexibility index (Phi) is 11.7. The third kappa shape index (κ3) is 10.4. The molecule has 0 saturated heterocycles. The zero-order chi connectivity index (χ0) is 29.9. The lowest BCUT2D eigenvalue weighted by molar-refractivity contribution is -0.148. The van der Waals surface area contributed by atoms with Crippen LogP contribution in [-0.4, -0.2) is 55.4 Å². The predicted molar refractivity (Wildman–Crippen MR) is 141 cm³/mol. The number of esters is 1. The highest BCUT2D eigenvalue weighted by atomic mass is 16.8. The summed E-state index contributed by atoms with van der Waals surface area (Å²) in [5, 5.41) is 0. The smallest absolute Gasteiger partial charge is 0.468 e. The molecule has 0 heterocycles. The monoisotopic (exact) mass is 561 g/mol. The topological polar surface area (TPSA) is 159 Å². The fourth-order valence-corrected chi connectivity index (χ4v) is 3.56. The van der Waals surface area contributed by atoms with Crippen molar-refractivity contribution in [1.82, 2.24) is 0 Å². The molecule has 2 aromatic rings. The highest BCUT2D eigenvalue weighted by molar-refractivity contribution is 5.81. The Labute approximate surface area is 232 Å². The highest BCUT2D eigenvalue weighted by Crippen LogP contribution is 2.32. The third-order valence-electron chi connectivity index (χ3n) is 5.06. The van der Waals surface area contributed by atoms with E-state index < -0.39 is 48.3 Å². The largest absolute Gasteiger partial charge is 0.514 e. The Balaban J connectivity index is 2.25. The molecule has 2 aromatic carbocycles. The number of para-hydroxylation sites is 1. The summed E-state index contributed by atoms with van der Waals surface area (Å²) < 4.78 is 35.8. The van der Waals surface area contributed by atoms with Crippen molar-refractivity contribution in [3.63, 3.8) is 0 Å². The van der Waals surface area contributed by atoms with E-state index in [1.807, 2.05) is 0 Å². The summed E-state index contributed by atoms with van der Waals surface area (Å²) in [6.45, 7) is 8.09. The summed E-state index contributed by atoms with van der Waals surface area (Å²) in [6, 6.07) is 12.5. The predicted octanol–water partition coefficient (Wildman–Crippen LogP) is 4.94. The number of rotatable bonds is 11. The van der Waals surface area contributed by atoms with Crippen LogP contribution in [0.25, 0.3) is 0 Å². The van der Waals surface area contributed by atoms with Gasteiger partial charge in [-0.2, -0.15) is 0 Å². The molecule has 0 spiro atoms. The van der Waals surface area contributed by atoms with Crippen molar-refractivity contribution in [3.05, 3.63) is 54.1 Å². The molecule has 2 atom stereocenters. The standard InChI is InChI=1S/C28H35NO11/c1-17(2)35-25(31)39-22-13-12-20(14-23(22)40-26(32)36-18(3)4)16-28(29,24(30)34-6)15-19(5)37-27(33)38-21-10-8-7-9-11-21/h7-14,17-19H,15-16,29H2,1-6H3/t19-,28?/m0/s1. The fraction of sp³-hybridized carbons (Fsp3) is 0.429. The zero-order valence-electron chi connectivity index (χ0n) is 23.3. The van der Waals surface area contributed by atoms with E-state index in [1.165, 1.54) is 25.3 Å². The van der Waals surface area contributed by atoms with Crippen LogP contribution < -0.4 is 19.9 Å². The second kappa shape index (κ2) is 14.7. The van der Waals surface area contributed by atoms with Crippen molar-refractivity contribution >= 4 is 24.4 Å². The Morgan fingerprint density at radius 2 is 1.30 bits per heavy atom. The van der Waals surface area contributed by atoms with Gasteiger partial charge in [0.1, 0.15) is 17.4 Å². The average Bonchev–Trinajstić information content (AvgIpc) is 2.84. The van der Waals surface area contributed by atoms with Crippen LogP contribution in [0.4, 0.5) is 14.4 Å². The van der Waals surface area contributed by atoms with Crippen molar-refractivity contribution in [2.75, 3.05) is 7.11 Å². The molecule has 2 N–H and O–H groups in total. The first kappa shape index (κ1) is 31.9. The van der Waals surface area contributed by atoms with Crippen LogP contribution in [0.3, 0.4) is 0 Å². The van der Waals surface area contributed by atoms with Crippen LogP contribution in [0.15, 0.2) is 48.5 Å². The van der Waals surface area contributed by atoms with E-state index in [2.05, 4.69) is 0 Å². The Morgan fingerprint density at radius 3 is 1.85 bits per heavy atom. The minimum absolute atomic E-state index is 0.129. The van der Waals surface area contributed by atoms with E-state index >= 15 is 0 Å². The Hall–Kier alpha value is -4.32. The maximum absolute atomic E-state index is 12.7. The highest BCUT2D eigenvalue weighted by Gasteiger charge is 2.38. The van der Waals surface area contributed by atoms with E-state index in [1.54, 1.807) is 65.0 Å². The quantitative estimate of drug-likeness (QED) is 0.224. The van der Waals surface area contributed by atoms with Crippen LogP contribution in [0.1, 0.15) is 46.6 Å². The molecule has 2 rings (SSSR count). The molecule has 1 unspecified atom stereocenters. The summed E-state index contributed by atoms with van der Waals surface area (Å²) >= 11 is 0. The Morgan fingerprint density at radius 1 is 0.750 bits per heavy atom. The second-order valence-corrected chi connectivity index (χ2v) is 9.44. The van der Waals surface area contributed by atoms with Crippen LogP contribution in [0.2, 0.25) is 0 Å². The van der Waals surface area contributed by atoms with Crippen LogP contribution in [0, 0.1) is 0 Å². The van der Waals surface area contributed by atoms with Crippen molar-refractivity contribution in [1.29, 1.82) is 0 Å². The molecule has 0 aliphatic carbocycles. The first-order chi connectivity index (χ1) is 18.8. The summed E-state index contributed by atoms with van der Waals surface area (Å²) in [7, 11) is 1.17. The molecule has 0 saturated carbocycles. The van der Waals surface area contributed by atoms with Gasteiger partial charge < -0.3 is 38.9 Å². The molecular weight excluding hydrogens is 526 g/mol. The van der Waals surface area contributed by atoms with E-state index in [4.69, 9.17) is 38.9 Å². The van der Waals surface area contributed by atoms with Gasteiger partial charge in [0.15, 0.2) is 11.5 Å². The number of nitrogens with two attached hydrogens (primary N) is 1. The van der Waals surface area contributed by atoms with Gasteiger partial charge in [0.25, 0.3) is 0 Å². The molecule has 0 radical (unpaired) electrons. The third-order valence-corrected chi connectivity index (χ3v) is 5.06. The van der Waals surface area contributed by atoms with Crippen molar-refractivity contribution in [2.45, 2.75) is 71.3 Å². The molecule has 0 amide bonds. The van der Waals surface area contributed by atoms with E-state index in [0.29, 0.717) is 5.56 Å². The normalized spacial score (nSPS) is 13.0. The number of methoxy groups -OCH3 is 1. The van der Waals surface area contributed by atoms with Gasteiger partial charge in [-0.3, -0.25) is 4.79 Å². The van der Waals surface area contributed by atoms with Crippen LogP contribution >= 0.6 is 0 Å².